The largest absolute Gasteiger partial charge is 0.356 e. The third-order valence-electron chi connectivity index (χ3n) is 5.22. The molecule has 1 spiro atoms. The highest BCUT2D eigenvalue weighted by Gasteiger charge is 2.40. The van der Waals surface area contributed by atoms with Gasteiger partial charge in [0.25, 0.3) is 0 Å². The molecule has 0 aromatic heterocycles. The van der Waals surface area contributed by atoms with Crippen LogP contribution in [-0.2, 0) is 6.42 Å². The molecule has 4 heteroatoms. The minimum atomic E-state index is -0.175. The maximum atomic E-state index is 12.9. The van der Waals surface area contributed by atoms with E-state index in [1.807, 2.05) is 19.2 Å². The lowest BCUT2D eigenvalue weighted by Gasteiger charge is -2.26. The molecule has 1 aliphatic heterocycles. The molecule has 1 saturated carbocycles. The van der Waals surface area contributed by atoms with E-state index in [4.69, 9.17) is 0 Å². The highest BCUT2D eigenvalue weighted by atomic mass is 19.1. The Bertz CT molecular complexity index is 518. The first kappa shape index (κ1) is 15.3. The number of nitrogens with zero attached hydrogens (tertiary/aromatic N) is 2. The number of nitrogens with one attached hydrogen (secondary N) is 1. The van der Waals surface area contributed by atoms with Crippen molar-refractivity contribution in [3.05, 3.63) is 35.6 Å². The average Bonchev–Trinajstić information content (AvgIpc) is 3.16. The van der Waals surface area contributed by atoms with Crippen molar-refractivity contribution in [3.8, 4) is 0 Å². The van der Waals surface area contributed by atoms with E-state index in [-0.39, 0.29) is 5.82 Å². The van der Waals surface area contributed by atoms with E-state index < -0.39 is 0 Å². The first-order chi connectivity index (χ1) is 10.7. The van der Waals surface area contributed by atoms with Crippen molar-refractivity contribution < 1.29 is 4.39 Å². The lowest BCUT2D eigenvalue weighted by Crippen LogP contribution is -2.41. The fourth-order valence-electron chi connectivity index (χ4n) is 3.95. The number of aliphatic imine (C=N–C) groups is 1. The second kappa shape index (κ2) is 6.67. The van der Waals surface area contributed by atoms with Gasteiger partial charge in [0.05, 0.1) is 0 Å². The van der Waals surface area contributed by atoms with E-state index in [1.165, 1.54) is 44.2 Å². The summed E-state index contributed by atoms with van der Waals surface area (Å²) < 4.78 is 12.9. The van der Waals surface area contributed by atoms with Crippen LogP contribution in [0.15, 0.2) is 29.3 Å². The van der Waals surface area contributed by atoms with Crippen molar-refractivity contribution in [1.82, 2.24) is 10.2 Å². The van der Waals surface area contributed by atoms with E-state index in [9.17, 15) is 4.39 Å². The Labute approximate surface area is 132 Å². The Morgan fingerprint density at radius 3 is 2.64 bits per heavy atom. The minimum Gasteiger partial charge on any atom is -0.356 e. The van der Waals surface area contributed by atoms with Gasteiger partial charge in [-0.15, -0.1) is 0 Å². The minimum absolute atomic E-state index is 0.175. The molecule has 1 aliphatic carbocycles. The molecule has 1 N–H and O–H groups in total. The molecule has 2 fully saturated rings. The number of benzene rings is 1. The van der Waals surface area contributed by atoms with Gasteiger partial charge in [0, 0.05) is 26.7 Å². The van der Waals surface area contributed by atoms with Gasteiger partial charge in [-0.3, -0.25) is 4.99 Å². The van der Waals surface area contributed by atoms with Crippen LogP contribution in [0.1, 0.15) is 37.7 Å². The van der Waals surface area contributed by atoms with Crippen molar-refractivity contribution in [3.63, 3.8) is 0 Å². The first-order valence-corrected chi connectivity index (χ1v) is 8.41. The number of rotatable bonds is 3. The zero-order valence-corrected chi connectivity index (χ0v) is 13.4. The molecule has 2 aliphatic rings. The first-order valence-electron chi connectivity index (χ1n) is 8.41. The average molecular weight is 303 g/mol. The van der Waals surface area contributed by atoms with Gasteiger partial charge in [0.15, 0.2) is 5.96 Å². The summed E-state index contributed by atoms with van der Waals surface area (Å²) >= 11 is 0. The van der Waals surface area contributed by atoms with Crippen LogP contribution in [0.3, 0.4) is 0 Å². The maximum absolute atomic E-state index is 12.9. The van der Waals surface area contributed by atoms with Gasteiger partial charge in [-0.2, -0.15) is 0 Å². The summed E-state index contributed by atoms with van der Waals surface area (Å²) in [6, 6.07) is 6.75. The van der Waals surface area contributed by atoms with Gasteiger partial charge in [0.2, 0.25) is 0 Å². The summed E-state index contributed by atoms with van der Waals surface area (Å²) in [6.45, 7) is 3.11. The smallest absolute Gasteiger partial charge is 0.193 e. The summed E-state index contributed by atoms with van der Waals surface area (Å²) in [5.41, 5.74) is 1.72. The molecule has 3 rings (SSSR count). The number of hydrogen-bond acceptors (Lipinski definition) is 1. The van der Waals surface area contributed by atoms with Gasteiger partial charge >= 0.3 is 0 Å². The molecule has 1 aromatic rings. The Balaban J connectivity index is 1.49. The summed E-state index contributed by atoms with van der Waals surface area (Å²) in [4.78, 5) is 6.85. The lowest BCUT2D eigenvalue weighted by molar-refractivity contribution is 0.309. The highest BCUT2D eigenvalue weighted by molar-refractivity contribution is 5.80. The van der Waals surface area contributed by atoms with E-state index in [2.05, 4.69) is 15.2 Å². The molecule has 0 atom stereocenters. The van der Waals surface area contributed by atoms with Gasteiger partial charge < -0.3 is 10.2 Å². The van der Waals surface area contributed by atoms with Crippen molar-refractivity contribution in [2.75, 3.05) is 26.7 Å². The van der Waals surface area contributed by atoms with Gasteiger partial charge in [-0.25, -0.2) is 4.39 Å². The van der Waals surface area contributed by atoms with Crippen molar-refractivity contribution in [2.24, 2.45) is 10.4 Å². The third-order valence-corrected chi connectivity index (χ3v) is 5.22. The summed E-state index contributed by atoms with van der Waals surface area (Å²) in [5, 5.41) is 3.46. The normalized spacial score (nSPS) is 20.8. The summed E-state index contributed by atoms with van der Waals surface area (Å²) in [7, 11) is 1.86. The van der Waals surface area contributed by atoms with Crippen LogP contribution in [0.5, 0.6) is 0 Å². The number of likely N-dealkylation sites (tertiary alicyclic amines) is 1. The molecule has 0 unspecified atom stereocenters. The van der Waals surface area contributed by atoms with E-state index in [0.29, 0.717) is 5.41 Å². The molecule has 3 nitrogen and oxygen atoms in total. The van der Waals surface area contributed by atoms with Crippen molar-refractivity contribution >= 4 is 5.96 Å². The summed E-state index contributed by atoms with van der Waals surface area (Å²) in [6.07, 6.45) is 7.75. The molecule has 1 heterocycles. The topological polar surface area (TPSA) is 27.6 Å². The van der Waals surface area contributed by atoms with Gasteiger partial charge in [-0.05, 0) is 48.8 Å². The third kappa shape index (κ3) is 3.42. The fraction of sp³-hybridized carbons (Fsp3) is 0.611. The fourth-order valence-corrected chi connectivity index (χ4v) is 3.95. The SMILES string of the molecule is CN=C(NCCc1ccc(F)cc1)N1CCC2(CCCC2)C1. The standard InChI is InChI=1S/C18H26FN3/c1-20-17(21-12-8-15-4-6-16(19)7-5-15)22-13-11-18(14-22)9-2-3-10-18/h4-7H,2-3,8-14H2,1H3,(H,20,21). The van der Waals surface area contributed by atoms with Gasteiger partial charge in [-0.1, -0.05) is 25.0 Å². The molecular formula is C18H26FN3. The predicted octanol–water partition coefficient (Wildman–Crippen LogP) is 3.21. The van der Waals surface area contributed by atoms with E-state index in [1.54, 1.807) is 0 Å². The molecular weight excluding hydrogens is 277 g/mol. The van der Waals surface area contributed by atoms with E-state index in [0.717, 1.165) is 37.6 Å². The molecule has 1 saturated heterocycles. The highest BCUT2D eigenvalue weighted by Crippen LogP contribution is 2.45. The van der Waals surface area contributed by atoms with Gasteiger partial charge in [0.1, 0.15) is 5.82 Å². The second-order valence-corrected chi connectivity index (χ2v) is 6.73. The van der Waals surface area contributed by atoms with Crippen molar-refractivity contribution in [2.45, 2.75) is 38.5 Å². The monoisotopic (exact) mass is 303 g/mol. The van der Waals surface area contributed by atoms with Crippen molar-refractivity contribution in [1.29, 1.82) is 0 Å². The molecule has 22 heavy (non-hydrogen) atoms. The predicted molar refractivity (Wildman–Crippen MR) is 88.6 cm³/mol. The van der Waals surface area contributed by atoms with Crippen LogP contribution in [0.25, 0.3) is 0 Å². The zero-order valence-electron chi connectivity index (χ0n) is 13.4. The number of halogens is 1. The molecule has 1 aromatic carbocycles. The van der Waals surface area contributed by atoms with Crippen LogP contribution >= 0.6 is 0 Å². The molecule has 0 radical (unpaired) electrons. The summed E-state index contributed by atoms with van der Waals surface area (Å²) in [5.74, 6) is 0.845. The number of hydrogen-bond donors (Lipinski definition) is 1. The molecule has 0 bridgehead atoms. The van der Waals surface area contributed by atoms with Crippen LogP contribution in [-0.4, -0.2) is 37.5 Å². The molecule has 120 valence electrons. The zero-order chi connectivity index (χ0) is 15.4. The number of guanidine groups is 1. The van der Waals surface area contributed by atoms with Crippen LogP contribution in [0.4, 0.5) is 4.39 Å². The maximum Gasteiger partial charge on any atom is 0.193 e. The van der Waals surface area contributed by atoms with Crippen LogP contribution in [0.2, 0.25) is 0 Å². The van der Waals surface area contributed by atoms with E-state index >= 15 is 0 Å². The Kier molecular flexibility index (Phi) is 4.65. The Morgan fingerprint density at radius 1 is 1.23 bits per heavy atom. The second-order valence-electron chi connectivity index (χ2n) is 6.73. The van der Waals surface area contributed by atoms with Crippen LogP contribution in [0, 0.1) is 11.2 Å². The van der Waals surface area contributed by atoms with Crippen LogP contribution < -0.4 is 5.32 Å². The Hall–Kier alpha value is -1.58. The quantitative estimate of drug-likeness (QED) is 0.686. The Morgan fingerprint density at radius 2 is 1.95 bits per heavy atom. The molecule has 0 amide bonds. The lowest BCUT2D eigenvalue weighted by atomic mass is 9.86.